The average Bonchev–Trinajstić information content (AvgIpc) is 3.06. The first-order valence-corrected chi connectivity index (χ1v) is 7.74. The van der Waals surface area contributed by atoms with E-state index >= 15 is 0 Å². The molecular weight excluding hydrogens is 316 g/mol. The van der Waals surface area contributed by atoms with Gasteiger partial charge in [-0.3, -0.25) is 14.5 Å². The summed E-state index contributed by atoms with van der Waals surface area (Å²) in [6.07, 6.45) is 5.14. The second kappa shape index (κ2) is 5.79. The smallest absolute Gasteiger partial charge is 0.298 e. The third kappa shape index (κ3) is 2.52. The summed E-state index contributed by atoms with van der Waals surface area (Å²) < 4.78 is 5.30. The Morgan fingerprint density at radius 1 is 0.880 bits per heavy atom. The van der Waals surface area contributed by atoms with E-state index in [0.717, 1.165) is 22.5 Å². The SMILES string of the molecule is NC(=O)c1coc(C(=O)N2c3ccccc3C=Cc3ccccc32)c1. The number of carbonyl (C=O) groups is 2. The maximum Gasteiger partial charge on any atom is 0.298 e. The molecule has 3 aromatic rings. The van der Waals surface area contributed by atoms with Crippen molar-refractivity contribution in [3.63, 3.8) is 0 Å². The van der Waals surface area contributed by atoms with Crippen LogP contribution in [-0.2, 0) is 0 Å². The standard InChI is InChI=1S/C20H14N2O3/c21-19(23)15-11-18(25-12-15)20(24)22-16-7-3-1-5-13(16)9-10-14-6-2-4-8-17(14)22/h1-12H,(H2,21,23). The highest BCUT2D eigenvalue weighted by molar-refractivity contribution is 6.13. The van der Waals surface area contributed by atoms with Gasteiger partial charge in [-0.05, 0) is 23.3 Å². The highest BCUT2D eigenvalue weighted by atomic mass is 16.3. The molecule has 2 heterocycles. The van der Waals surface area contributed by atoms with E-state index in [0.29, 0.717) is 0 Å². The van der Waals surface area contributed by atoms with Crippen LogP contribution in [0.4, 0.5) is 11.4 Å². The van der Waals surface area contributed by atoms with Crippen LogP contribution >= 0.6 is 0 Å². The zero-order valence-electron chi connectivity index (χ0n) is 13.2. The minimum Gasteiger partial charge on any atom is -0.458 e. The summed E-state index contributed by atoms with van der Waals surface area (Å²) >= 11 is 0. The van der Waals surface area contributed by atoms with Crippen molar-refractivity contribution < 1.29 is 14.0 Å². The predicted molar refractivity (Wildman–Crippen MR) is 95.5 cm³/mol. The van der Waals surface area contributed by atoms with Gasteiger partial charge in [0.25, 0.3) is 11.8 Å². The Kier molecular flexibility index (Phi) is 3.47. The van der Waals surface area contributed by atoms with Crippen LogP contribution in [0, 0.1) is 0 Å². The molecule has 5 heteroatoms. The molecule has 122 valence electrons. The van der Waals surface area contributed by atoms with Crippen LogP contribution in [0.15, 0.2) is 65.3 Å². The molecular formula is C20H14N2O3. The van der Waals surface area contributed by atoms with Crippen LogP contribution in [0.1, 0.15) is 32.0 Å². The van der Waals surface area contributed by atoms with Gasteiger partial charge in [-0.25, -0.2) is 0 Å². The van der Waals surface area contributed by atoms with E-state index < -0.39 is 5.91 Å². The van der Waals surface area contributed by atoms with E-state index in [9.17, 15) is 9.59 Å². The maximum absolute atomic E-state index is 13.2. The zero-order valence-corrected chi connectivity index (χ0v) is 13.2. The van der Waals surface area contributed by atoms with Crippen molar-refractivity contribution >= 4 is 35.3 Å². The summed E-state index contributed by atoms with van der Waals surface area (Å²) in [5.41, 5.74) is 8.72. The molecule has 0 unspecified atom stereocenters. The van der Waals surface area contributed by atoms with Gasteiger partial charge < -0.3 is 10.2 Å². The van der Waals surface area contributed by atoms with Crippen LogP contribution < -0.4 is 10.6 Å². The Morgan fingerprint density at radius 2 is 1.44 bits per heavy atom. The first kappa shape index (κ1) is 15.0. The Balaban J connectivity index is 1.89. The second-order valence-corrected chi connectivity index (χ2v) is 5.66. The minimum atomic E-state index is -0.638. The first-order chi connectivity index (χ1) is 12.1. The average molecular weight is 330 g/mol. The second-order valence-electron chi connectivity index (χ2n) is 5.66. The molecule has 0 fully saturated rings. The lowest BCUT2D eigenvalue weighted by molar-refractivity contribution is 0.0970. The highest BCUT2D eigenvalue weighted by Gasteiger charge is 2.27. The molecule has 1 aromatic heterocycles. The van der Waals surface area contributed by atoms with E-state index in [4.69, 9.17) is 10.2 Å². The summed E-state index contributed by atoms with van der Waals surface area (Å²) in [7, 11) is 0. The molecule has 2 amide bonds. The van der Waals surface area contributed by atoms with E-state index in [1.54, 1.807) is 4.90 Å². The third-order valence-electron chi connectivity index (χ3n) is 4.10. The Labute approximate surface area is 144 Å². The normalized spacial score (nSPS) is 12.2. The van der Waals surface area contributed by atoms with Gasteiger partial charge in [-0.2, -0.15) is 0 Å². The van der Waals surface area contributed by atoms with Gasteiger partial charge in [-0.15, -0.1) is 0 Å². The number of primary amides is 1. The molecule has 5 nitrogen and oxygen atoms in total. The van der Waals surface area contributed by atoms with E-state index in [1.807, 2.05) is 60.7 Å². The topological polar surface area (TPSA) is 76.5 Å². The predicted octanol–water partition coefficient (Wildman–Crippen LogP) is 3.84. The minimum absolute atomic E-state index is 0.0558. The van der Waals surface area contributed by atoms with Crippen molar-refractivity contribution in [2.24, 2.45) is 5.73 Å². The lowest BCUT2D eigenvalue weighted by Crippen LogP contribution is -2.26. The molecule has 2 N–H and O–H groups in total. The number of hydrogen-bond donors (Lipinski definition) is 1. The monoisotopic (exact) mass is 330 g/mol. The number of anilines is 2. The quantitative estimate of drug-likeness (QED) is 0.775. The molecule has 0 atom stereocenters. The molecule has 4 rings (SSSR count). The van der Waals surface area contributed by atoms with Gasteiger partial charge in [0.05, 0.1) is 16.9 Å². The summed E-state index contributed by atoms with van der Waals surface area (Å²) in [6.45, 7) is 0. The van der Waals surface area contributed by atoms with Gasteiger partial charge in [0.1, 0.15) is 6.26 Å². The number of fused-ring (bicyclic) bond motifs is 2. The molecule has 0 aliphatic carbocycles. The largest absolute Gasteiger partial charge is 0.458 e. The number of amides is 2. The molecule has 0 saturated carbocycles. The van der Waals surface area contributed by atoms with Crippen molar-refractivity contribution in [3.05, 3.63) is 83.3 Å². The van der Waals surface area contributed by atoms with Crippen molar-refractivity contribution in [1.29, 1.82) is 0 Å². The number of para-hydroxylation sites is 2. The molecule has 1 aliphatic rings. The van der Waals surface area contributed by atoms with Gasteiger partial charge in [0.15, 0.2) is 5.76 Å². The number of benzene rings is 2. The number of nitrogens with zero attached hydrogens (tertiary/aromatic N) is 1. The molecule has 25 heavy (non-hydrogen) atoms. The van der Waals surface area contributed by atoms with Gasteiger partial charge >= 0.3 is 0 Å². The Bertz CT molecular complexity index is 968. The van der Waals surface area contributed by atoms with Crippen LogP contribution in [-0.4, -0.2) is 11.8 Å². The summed E-state index contributed by atoms with van der Waals surface area (Å²) in [4.78, 5) is 26.0. The lowest BCUT2D eigenvalue weighted by Gasteiger charge is -2.23. The van der Waals surface area contributed by atoms with Crippen molar-refractivity contribution in [2.45, 2.75) is 0 Å². The molecule has 0 radical (unpaired) electrons. The fraction of sp³-hybridized carbons (Fsp3) is 0. The molecule has 0 bridgehead atoms. The summed E-state index contributed by atoms with van der Waals surface area (Å²) in [5.74, 6) is -0.947. The molecule has 1 aliphatic heterocycles. The van der Waals surface area contributed by atoms with Crippen molar-refractivity contribution in [2.75, 3.05) is 4.90 Å². The third-order valence-corrected chi connectivity index (χ3v) is 4.10. The van der Waals surface area contributed by atoms with Crippen LogP contribution in [0.3, 0.4) is 0 Å². The van der Waals surface area contributed by atoms with E-state index in [2.05, 4.69) is 0 Å². The van der Waals surface area contributed by atoms with E-state index in [-0.39, 0.29) is 17.2 Å². The number of hydrogen-bond acceptors (Lipinski definition) is 3. The molecule has 0 spiro atoms. The molecule has 2 aromatic carbocycles. The zero-order chi connectivity index (χ0) is 17.4. The number of nitrogens with two attached hydrogens (primary N) is 1. The first-order valence-electron chi connectivity index (χ1n) is 7.74. The fourth-order valence-electron chi connectivity index (χ4n) is 2.88. The summed E-state index contributed by atoms with van der Waals surface area (Å²) in [6, 6.07) is 16.6. The maximum atomic E-state index is 13.2. The number of carbonyl (C=O) groups excluding carboxylic acids is 2. The summed E-state index contributed by atoms with van der Waals surface area (Å²) in [5, 5.41) is 0. The van der Waals surface area contributed by atoms with Gasteiger partial charge in [0.2, 0.25) is 0 Å². The fourth-order valence-corrected chi connectivity index (χ4v) is 2.88. The van der Waals surface area contributed by atoms with Crippen LogP contribution in [0.25, 0.3) is 12.2 Å². The van der Waals surface area contributed by atoms with Crippen molar-refractivity contribution in [1.82, 2.24) is 0 Å². The number of furan rings is 1. The van der Waals surface area contributed by atoms with E-state index in [1.165, 1.54) is 12.3 Å². The number of rotatable bonds is 2. The van der Waals surface area contributed by atoms with Crippen LogP contribution in [0.5, 0.6) is 0 Å². The Hall–Kier alpha value is -3.60. The van der Waals surface area contributed by atoms with Crippen LogP contribution in [0.2, 0.25) is 0 Å². The lowest BCUT2D eigenvalue weighted by atomic mass is 10.1. The Morgan fingerprint density at radius 3 is 1.96 bits per heavy atom. The van der Waals surface area contributed by atoms with Gasteiger partial charge in [0, 0.05) is 6.07 Å². The van der Waals surface area contributed by atoms with Gasteiger partial charge in [-0.1, -0.05) is 48.6 Å². The van der Waals surface area contributed by atoms with Crippen molar-refractivity contribution in [3.8, 4) is 0 Å². The molecule has 0 saturated heterocycles. The highest BCUT2D eigenvalue weighted by Crippen LogP contribution is 2.37.